The molecule has 0 unspecified atom stereocenters. The molecule has 0 spiro atoms. The highest BCUT2D eigenvalue weighted by molar-refractivity contribution is 5.72. The number of nitrogens with zero attached hydrogens (tertiary/aromatic N) is 2. The third-order valence-electron chi connectivity index (χ3n) is 3.06. The molecule has 1 aromatic heterocycles. The molecule has 0 atom stereocenters. The van der Waals surface area contributed by atoms with Gasteiger partial charge in [-0.15, -0.1) is 0 Å². The number of hydrogen-bond donors (Lipinski definition) is 1. The monoisotopic (exact) mass is 269 g/mol. The number of anilines is 1. The van der Waals surface area contributed by atoms with E-state index in [1.807, 2.05) is 13.0 Å². The highest BCUT2D eigenvalue weighted by atomic mass is 16.5. The zero-order chi connectivity index (χ0) is 14.7. The van der Waals surface area contributed by atoms with Crippen molar-refractivity contribution in [2.24, 2.45) is 7.05 Å². The zero-order valence-electron chi connectivity index (χ0n) is 11.4. The minimum Gasteiger partial charge on any atom is -0.494 e. The van der Waals surface area contributed by atoms with Crippen LogP contribution in [0.25, 0.3) is 11.1 Å². The second-order valence-electron chi connectivity index (χ2n) is 4.29. The highest BCUT2D eigenvalue weighted by Gasteiger charge is 2.12. The van der Waals surface area contributed by atoms with E-state index in [1.54, 1.807) is 37.4 Å². The molecule has 2 aromatic rings. The molecule has 0 aliphatic heterocycles. The molecule has 2 rings (SSSR count). The zero-order valence-corrected chi connectivity index (χ0v) is 11.4. The number of nitrogens with two attached hydrogens (primary N) is 1. The van der Waals surface area contributed by atoms with Gasteiger partial charge in [0.2, 0.25) is 0 Å². The van der Waals surface area contributed by atoms with Crippen LogP contribution in [-0.4, -0.2) is 11.2 Å². The SMILES string of the molecule is CCOc1ccc(-c2cc(N)n(C)c(=O)c2C#N)cc1. The summed E-state index contributed by atoms with van der Waals surface area (Å²) in [6.07, 6.45) is 0. The standard InChI is InChI=1S/C15H15N3O2/c1-3-20-11-6-4-10(5-7-11)12-8-14(17)18(2)15(19)13(12)9-16/h4-8H,3,17H2,1-2H3. The Morgan fingerprint density at radius 2 is 2.00 bits per heavy atom. The first-order chi connectivity index (χ1) is 9.58. The number of hydrogen-bond acceptors (Lipinski definition) is 4. The Morgan fingerprint density at radius 3 is 2.55 bits per heavy atom. The van der Waals surface area contributed by atoms with Crippen molar-refractivity contribution in [2.45, 2.75) is 6.92 Å². The first-order valence-electron chi connectivity index (χ1n) is 6.21. The normalized spacial score (nSPS) is 10.1. The smallest absolute Gasteiger partial charge is 0.270 e. The fraction of sp³-hybridized carbons (Fsp3) is 0.200. The summed E-state index contributed by atoms with van der Waals surface area (Å²) in [7, 11) is 1.54. The molecular weight excluding hydrogens is 254 g/mol. The Hall–Kier alpha value is -2.74. The van der Waals surface area contributed by atoms with Crippen LogP contribution < -0.4 is 16.0 Å². The minimum absolute atomic E-state index is 0.0888. The van der Waals surface area contributed by atoms with E-state index in [0.717, 1.165) is 11.3 Å². The topological polar surface area (TPSA) is 81.0 Å². The quantitative estimate of drug-likeness (QED) is 0.922. The van der Waals surface area contributed by atoms with Crippen LogP contribution in [0, 0.1) is 11.3 Å². The number of nitriles is 1. The van der Waals surface area contributed by atoms with Gasteiger partial charge in [-0.05, 0) is 30.7 Å². The van der Waals surface area contributed by atoms with Crippen LogP contribution in [0.3, 0.4) is 0 Å². The molecule has 0 saturated carbocycles. The van der Waals surface area contributed by atoms with Crippen molar-refractivity contribution < 1.29 is 4.74 Å². The Balaban J connectivity index is 2.58. The number of aromatic nitrogens is 1. The van der Waals surface area contributed by atoms with Gasteiger partial charge in [0, 0.05) is 12.6 Å². The summed E-state index contributed by atoms with van der Waals surface area (Å²) in [6, 6.07) is 10.8. The summed E-state index contributed by atoms with van der Waals surface area (Å²) in [5.41, 5.74) is 6.78. The summed E-state index contributed by atoms with van der Waals surface area (Å²) in [5.74, 6) is 1.06. The third kappa shape index (κ3) is 2.36. The van der Waals surface area contributed by atoms with Crippen molar-refractivity contribution in [2.75, 3.05) is 12.3 Å². The lowest BCUT2D eigenvalue weighted by Crippen LogP contribution is -2.23. The van der Waals surface area contributed by atoms with Crippen molar-refractivity contribution in [3.05, 3.63) is 46.2 Å². The van der Waals surface area contributed by atoms with Crippen molar-refractivity contribution >= 4 is 5.82 Å². The molecule has 0 amide bonds. The average molecular weight is 269 g/mol. The van der Waals surface area contributed by atoms with E-state index in [2.05, 4.69) is 0 Å². The van der Waals surface area contributed by atoms with E-state index in [9.17, 15) is 10.1 Å². The number of nitrogen functional groups attached to an aromatic ring is 1. The van der Waals surface area contributed by atoms with Gasteiger partial charge in [-0.1, -0.05) is 12.1 Å². The van der Waals surface area contributed by atoms with E-state index < -0.39 is 5.56 Å². The summed E-state index contributed by atoms with van der Waals surface area (Å²) >= 11 is 0. The second-order valence-corrected chi connectivity index (χ2v) is 4.29. The first kappa shape index (κ1) is 13.7. The van der Waals surface area contributed by atoms with Crippen LogP contribution in [0.5, 0.6) is 5.75 Å². The van der Waals surface area contributed by atoms with Gasteiger partial charge >= 0.3 is 0 Å². The predicted octanol–water partition coefficient (Wildman–Crippen LogP) is 1.90. The molecule has 2 N–H and O–H groups in total. The fourth-order valence-corrected chi connectivity index (χ4v) is 1.95. The fourth-order valence-electron chi connectivity index (χ4n) is 1.95. The molecule has 0 saturated heterocycles. The van der Waals surface area contributed by atoms with Crippen molar-refractivity contribution in [1.29, 1.82) is 5.26 Å². The lowest BCUT2D eigenvalue weighted by atomic mass is 10.0. The van der Waals surface area contributed by atoms with Crippen LogP contribution in [0.15, 0.2) is 35.1 Å². The van der Waals surface area contributed by atoms with Crippen molar-refractivity contribution in [1.82, 2.24) is 4.57 Å². The van der Waals surface area contributed by atoms with E-state index in [0.29, 0.717) is 18.0 Å². The molecule has 0 aliphatic carbocycles. The molecule has 102 valence electrons. The second kappa shape index (κ2) is 5.49. The van der Waals surface area contributed by atoms with Gasteiger partial charge in [-0.2, -0.15) is 5.26 Å². The maximum atomic E-state index is 12.0. The summed E-state index contributed by atoms with van der Waals surface area (Å²) in [4.78, 5) is 12.0. The molecule has 0 bridgehead atoms. The molecule has 0 fully saturated rings. The minimum atomic E-state index is -0.392. The molecule has 0 radical (unpaired) electrons. The van der Waals surface area contributed by atoms with Gasteiger partial charge in [0.05, 0.1) is 6.61 Å². The lowest BCUT2D eigenvalue weighted by Gasteiger charge is -2.10. The van der Waals surface area contributed by atoms with E-state index in [4.69, 9.17) is 10.5 Å². The molecule has 1 aromatic carbocycles. The first-order valence-corrected chi connectivity index (χ1v) is 6.21. The van der Waals surface area contributed by atoms with Crippen LogP contribution in [-0.2, 0) is 7.05 Å². The number of rotatable bonds is 3. The summed E-state index contributed by atoms with van der Waals surface area (Å²) in [6.45, 7) is 2.49. The summed E-state index contributed by atoms with van der Waals surface area (Å²) < 4.78 is 6.62. The van der Waals surface area contributed by atoms with E-state index in [1.165, 1.54) is 4.57 Å². The van der Waals surface area contributed by atoms with Gasteiger partial charge in [0.1, 0.15) is 23.2 Å². The van der Waals surface area contributed by atoms with Crippen LogP contribution in [0.4, 0.5) is 5.82 Å². The van der Waals surface area contributed by atoms with Crippen molar-refractivity contribution in [3.8, 4) is 22.9 Å². The molecule has 0 aliphatic rings. The molecule has 5 heteroatoms. The molecular formula is C15H15N3O2. The van der Waals surface area contributed by atoms with Gasteiger partial charge in [-0.3, -0.25) is 9.36 Å². The van der Waals surface area contributed by atoms with Crippen LogP contribution in [0.2, 0.25) is 0 Å². The average Bonchev–Trinajstić information content (AvgIpc) is 2.46. The Kier molecular flexibility index (Phi) is 3.76. The van der Waals surface area contributed by atoms with E-state index >= 15 is 0 Å². The maximum absolute atomic E-state index is 12.0. The number of benzene rings is 1. The Bertz CT molecular complexity index is 725. The van der Waals surface area contributed by atoms with Crippen LogP contribution in [0.1, 0.15) is 12.5 Å². The third-order valence-corrected chi connectivity index (χ3v) is 3.06. The highest BCUT2D eigenvalue weighted by Crippen LogP contribution is 2.25. The van der Waals surface area contributed by atoms with Gasteiger partial charge in [-0.25, -0.2) is 0 Å². The molecule has 1 heterocycles. The van der Waals surface area contributed by atoms with Gasteiger partial charge < -0.3 is 10.5 Å². The van der Waals surface area contributed by atoms with Gasteiger partial charge in [0.25, 0.3) is 5.56 Å². The Morgan fingerprint density at radius 1 is 1.35 bits per heavy atom. The Labute approximate surface area is 116 Å². The molecule has 20 heavy (non-hydrogen) atoms. The number of pyridine rings is 1. The van der Waals surface area contributed by atoms with Crippen molar-refractivity contribution in [3.63, 3.8) is 0 Å². The largest absolute Gasteiger partial charge is 0.494 e. The van der Waals surface area contributed by atoms with Gasteiger partial charge in [0.15, 0.2) is 0 Å². The van der Waals surface area contributed by atoms with Crippen LogP contribution >= 0.6 is 0 Å². The predicted molar refractivity (Wildman–Crippen MR) is 77.4 cm³/mol. The molecule has 5 nitrogen and oxygen atoms in total. The van der Waals surface area contributed by atoms with E-state index in [-0.39, 0.29) is 5.56 Å². The maximum Gasteiger partial charge on any atom is 0.270 e. The number of ether oxygens (including phenoxy) is 1. The lowest BCUT2D eigenvalue weighted by molar-refractivity contribution is 0.340. The summed E-state index contributed by atoms with van der Waals surface area (Å²) in [5, 5.41) is 9.19.